The third-order valence-corrected chi connectivity index (χ3v) is 5.31. The number of rotatable bonds is 11. The van der Waals surface area contributed by atoms with E-state index in [0.717, 1.165) is 25.9 Å². The Labute approximate surface area is 212 Å². The monoisotopic (exact) mass is 493 g/mol. The number of likely N-dealkylation sites (tertiary alicyclic amines) is 1. The fourth-order valence-electron chi connectivity index (χ4n) is 3.38. The summed E-state index contributed by atoms with van der Waals surface area (Å²) >= 11 is 0. The van der Waals surface area contributed by atoms with Crippen LogP contribution in [0.2, 0.25) is 0 Å². The normalized spacial score (nSPS) is 15.2. The largest absolute Gasteiger partial charge is 0.474 e. The number of hydrogen-bond acceptors (Lipinski definition) is 10. The zero-order valence-corrected chi connectivity index (χ0v) is 21.1. The number of anilines is 3. The molecular formula is C25H35N9O2. The molecule has 1 aliphatic rings. The molecular weight excluding hydrogens is 458 g/mol. The Morgan fingerprint density at radius 1 is 1.33 bits per heavy atom. The fraction of sp³-hybridized carbons (Fsp3) is 0.400. The van der Waals surface area contributed by atoms with Gasteiger partial charge in [-0.25, -0.2) is 4.98 Å². The molecule has 5 N–H and O–H groups in total. The third kappa shape index (κ3) is 8.05. The second-order valence-electron chi connectivity index (χ2n) is 8.68. The molecule has 2 aromatic rings. The Kier molecular flexibility index (Phi) is 9.75. The number of aliphatic imine (C=N–C) groups is 1. The van der Waals surface area contributed by atoms with E-state index >= 15 is 0 Å². The van der Waals surface area contributed by atoms with Crippen LogP contribution in [-0.4, -0.2) is 70.8 Å². The van der Waals surface area contributed by atoms with Crippen LogP contribution in [0.4, 0.5) is 17.6 Å². The van der Waals surface area contributed by atoms with Gasteiger partial charge in [0.05, 0.1) is 5.70 Å². The van der Waals surface area contributed by atoms with Crippen molar-refractivity contribution in [3.63, 3.8) is 0 Å². The van der Waals surface area contributed by atoms with Crippen LogP contribution in [0.3, 0.4) is 0 Å². The van der Waals surface area contributed by atoms with Gasteiger partial charge in [0.25, 0.3) is 5.91 Å². The Balaban J connectivity index is 1.83. The van der Waals surface area contributed by atoms with Crippen LogP contribution < -0.4 is 26.4 Å². The molecule has 3 rings (SSSR count). The average molecular weight is 494 g/mol. The molecule has 1 aliphatic heterocycles. The summed E-state index contributed by atoms with van der Waals surface area (Å²) in [4.78, 5) is 32.7. The summed E-state index contributed by atoms with van der Waals surface area (Å²) in [6.07, 6.45) is 8.02. The number of nitrogens with zero attached hydrogens (tertiary/aromatic N) is 5. The van der Waals surface area contributed by atoms with Gasteiger partial charge in [0.15, 0.2) is 0 Å². The number of piperidine rings is 1. The number of carbonyl (C=O) groups excluding carboxylic acids is 1. The standard InChI is InChI=1S/C25H35N9O2/c1-5-11-27-24(35)20-16-29-25(30-18(14-26)15-28-17(2)3)33-23(20)32-21-7-6-8-22(31-21)36-19-9-12-34(4)13-10-19/h5-8,14-17,19H,1,9-13,26H2,2-4H3,(H,27,35)(H2,29,30,31,32,33)/b18-14+,28-15?. The highest BCUT2D eigenvalue weighted by Gasteiger charge is 2.19. The van der Waals surface area contributed by atoms with Crippen molar-refractivity contribution in [3.05, 3.63) is 54.5 Å². The molecule has 0 radical (unpaired) electrons. The molecule has 192 valence electrons. The number of amides is 1. The number of carbonyl (C=O) groups is 1. The van der Waals surface area contributed by atoms with Gasteiger partial charge in [-0.2, -0.15) is 9.97 Å². The van der Waals surface area contributed by atoms with Crippen molar-refractivity contribution in [1.29, 1.82) is 0 Å². The second kappa shape index (κ2) is 13.2. The quantitative estimate of drug-likeness (QED) is 0.274. The minimum Gasteiger partial charge on any atom is -0.474 e. The Morgan fingerprint density at radius 3 is 2.81 bits per heavy atom. The predicted molar refractivity (Wildman–Crippen MR) is 143 cm³/mol. The minimum atomic E-state index is -0.348. The van der Waals surface area contributed by atoms with Crippen molar-refractivity contribution in [3.8, 4) is 5.88 Å². The van der Waals surface area contributed by atoms with Crippen LogP contribution >= 0.6 is 0 Å². The molecule has 0 aromatic carbocycles. The molecule has 11 nitrogen and oxygen atoms in total. The summed E-state index contributed by atoms with van der Waals surface area (Å²) in [5.41, 5.74) is 6.48. The van der Waals surface area contributed by atoms with Gasteiger partial charge in [-0.15, -0.1) is 6.58 Å². The van der Waals surface area contributed by atoms with E-state index in [9.17, 15) is 4.79 Å². The van der Waals surface area contributed by atoms with Crippen molar-refractivity contribution < 1.29 is 9.53 Å². The van der Waals surface area contributed by atoms with E-state index in [1.807, 2.05) is 26.0 Å². The topological polar surface area (TPSA) is 143 Å². The Morgan fingerprint density at radius 2 is 2.11 bits per heavy atom. The molecule has 0 unspecified atom stereocenters. The zero-order valence-electron chi connectivity index (χ0n) is 21.1. The SMILES string of the molecule is C=CCNC(=O)c1cnc(N/C(C=NC(C)C)=C/N)nc1Nc1cccc(OC2CCN(C)CC2)n1. The molecule has 0 saturated carbocycles. The third-order valence-electron chi connectivity index (χ3n) is 5.31. The van der Waals surface area contributed by atoms with E-state index in [4.69, 9.17) is 10.5 Å². The van der Waals surface area contributed by atoms with Gasteiger partial charge in [0.1, 0.15) is 23.3 Å². The Hall–Kier alpha value is -3.99. The summed E-state index contributed by atoms with van der Waals surface area (Å²) in [5.74, 6) is 1.16. The van der Waals surface area contributed by atoms with Crippen molar-refractivity contribution in [2.24, 2.45) is 10.7 Å². The van der Waals surface area contributed by atoms with Crippen LogP contribution in [-0.2, 0) is 0 Å². The van der Waals surface area contributed by atoms with E-state index in [1.165, 1.54) is 12.4 Å². The molecule has 0 atom stereocenters. The maximum absolute atomic E-state index is 12.7. The molecule has 0 aliphatic carbocycles. The van der Waals surface area contributed by atoms with Crippen molar-refractivity contribution in [2.45, 2.75) is 38.8 Å². The number of allylic oxidation sites excluding steroid dienone is 1. The molecule has 1 fully saturated rings. The fourth-order valence-corrected chi connectivity index (χ4v) is 3.38. The number of pyridine rings is 1. The molecule has 1 saturated heterocycles. The maximum atomic E-state index is 12.7. The lowest BCUT2D eigenvalue weighted by atomic mass is 10.1. The van der Waals surface area contributed by atoms with Gasteiger partial charge >= 0.3 is 0 Å². The van der Waals surface area contributed by atoms with E-state index in [2.05, 4.69) is 54.4 Å². The summed E-state index contributed by atoms with van der Waals surface area (Å²) < 4.78 is 6.10. The smallest absolute Gasteiger partial charge is 0.256 e. The van der Waals surface area contributed by atoms with E-state index < -0.39 is 0 Å². The number of nitrogens with one attached hydrogen (secondary N) is 3. The molecule has 36 heavy (non-hydrogen) atoms. The van der Waals surface area contributed by atoms with Crippen molar-refractivity contribution in [2.75, 3.05) is 37.3 Å². The van der Waals surface area contributed by atoms with Crippen LogP contribution in [0.15, 0.2) is 53.9 Å². The van der Waals surface area contributed by atoms with Gasteiger partial charge in [-0.1, -0.05) is 12.1 Å². The first kappa shape index (κ1) is 26.6. The molecule has 0 spiro atoms. The molecule has 0 bridgehead atoms. The maximum Gasteiger partial charge on any atom is 0.256 e. The highest BCUT2D eigenvalue weighted by Crippen LogP contribution is 2.22. The summed E-state index contributed by atoms with van der Waals surface area (Å²) in [6, 6.07) is 5.55. The lowest BCUT2D eigenvalue weighted by Crippen LogP contribution is -2.35. The highest BCUT2D eigenvalue weighted by atomic mass is 16.5. The van der Waals surface area contributed by atoms with E-state index in [-0.39, 0.29) is 35.4 Å². The predicted octanol–water partition coefficient (Wildman–Crippen LogP) is 2.70. The van der Waals surface area contributed by atoms with E-state index in [0.29, 0.717) is 23.9 Å². The number of ether oxygens (including phenoxy) is 1. The van der Waals surface area contributed by atoms with Crippen molar-refractivity contribution in [1.82, 2.24) is 25.2 Å². The lowest BCUT2D eigenvalue weighted by molar-refractivity contribution is 0.0958. The number of aromatic nitrogens is 3. The summed E-state index contributed by atoms with van der Waals surface area (Å²) in [5, 5.41) is 8.90. The van der Waals surface area contributed by atoms with Crippen LogP contribution in [0, 0.1) is 0 Å². The van der Waals surface area contributed by atoms with Gasteiger partial charge in [-0.3, -0.25) is 9.79 Å². The van der Waals surface area contributed by atoms with E-state index in [1.54, 1.807) is 18.4 Å². The van der Waals surface area contributed by atoms with Crippen molar-refractivity contribution >= 4 is 29.7 Å². The first-order valence-corrected chi connectivity index (χ1v) is 12.0. The first-order valence-electron chi connectivity index (χ1n) is 12.0. The van der Waals surface area contributed by atoms with Gasteiger partial charge in [0.2, 0.25) is 11.8 Å². The highest BCUT2D eigenvalue weighted by molar-refractivity contribution is 5.99. The average Bonchev–Trinajstić information content (AvgIpc) is 2.86. The summed E-state index contributed by atoms with van der Waals surface area (Å²) in [6.45, 7) is 9.83. The first-order chi connectivity index (χ1) is 17.4. The van der Waals surface area contributed by atoms with Gasteiger partial charge in [0, 0.05) is 50.4 Å². The molecule has 11 heteroatoms. The van der Waals surface area contributed by atoms with Crippen LogP contribution in [0.25, 0.3) is 0 Å². The zero-order chi connectivity index (χ0) is 25.9. The van der Waals surface area contributed by atoms with Gasteiger partial charge in [-0.05, 0) is 39.8 Å². The van der Waals surface area contributed by atoms with Crippen LogP contribution in [0.5, 0.6) is 5.88 Å². The molecule has 2 aromatic heterocycles. The molecule has 1 amide bonds. The minimum absolute atomic E-state index is 0.103. The van der Waals surface area contributed by atoms with Crippen LogP contribution in [0.1, 0.15) is 37.0 Å². The lowest BCUT2D eigenvalue weighted by Gasteiger charge is -2.29. The Bertz CT molecular complexity index is 1090. The second-order valence-corrected chi connectivity index (χ2v) is 8.68. The summed E-state index contributed by atoms with van der Waals surface area (Å²) in [7, 11) is 2.11. The van der Waals surface area contributed by atoms with Gasteiger partial charge < -0.3 is 31.3 Å². The number of nitrogens with two attached hydrogens (primary N) is 1. The number of hydrogen-bond donors (Lipinski definition) is 4. The molecule has 3 heterocycles.